The van der Waals surface area contributed by atoms with E-state index < -0.39 is 0 Å². The molecule has 0 atom stereocenters. The maximum atomic E-state index is 12.7. The first-order valence-corrected chi connectivity index (χ1v) is 8.42. The lowest BCUT2D eigenvalue weighted by atomic mass is 10.1. The maximum absolute atomic E-state index is 12.7. The van der Waals surface area contributed by atoms with Gasteiger partial charge in [-0.05, 0) is 37.1 Å². The third-order valence-corrected chi connectivity index (χ3v) is 4.24. The zero-order valence-electron chi connectivity index (χ0n) is 14.2. The summed E-state index contributed by atoms with van der Waals surface area (Å²) in [6.45, 7) is 4.63. The van der Waals surface area contributed by atoms with E-state index in [2.05, 4.69) is 6.07 Å². The third kappa shape index (κ3) is 4.09. The lowest BCUT2D eigenvalue weighted by molar-refractivity contribution is 0.612. The van der Waals surface area contributed by atoms with Crippen LogP contribution >= 0.6 is 11.6 Å². The molecule has 5 heteroatoms. The summed E-state index contributed by atoms with van der Waals surface area (Å²) in [7, 11) is 0. The summed E-state index contributed by atoms with van der Waals surface area (Å²) in [6.07, 6.45) is 1.53. The van der Waals surface area contributed by atoms with Crippen molar-refractivity contribution < 1.29 is 0 Å². The monoisotopic (exact) mass is 354 g/mol. The summed E-state index contributed by atoms with van der Waals surface area (Å²) in [6, 6.07) is 14.8. The number of aryl methyl sites for hydroxylation is 2. The maximum Gasteiger partial charge on any atom is 0.331 e. The molecule has 0 aliphatic rings. The number of rotatable bonds is 4. The molecule has 0 N–H and O–H groups in total. The number of hydrogen-bond acceptors (Lipinski definition) is 2. The molecule has 0 aliphatic heterocycles. The van der Waals surface area contributed by atoms with E-state index >= 15 is 0 Å². The normalized spacial score (nSPS) is 10.8. The van der Waals surface area contributed by atoms with Gasteiger partial charge in [0.05, 0.1) is 13.1 Å². The van der Waals surface area contributed by atoms with E-state index in [1.165, 1.54) is 21.4 Å². The average Bonchev–Trinajstić information content (AvgIpc) is 2.53. The van der Waals surface area contributed by atoms with E-state index in [0.717, 1.165) is 22.3 Å². The minimum absolute atomic E-state index is 0.260. The van der Waals surface area contributed by atoms with Crippen molar-refractivity contribution in [1.82, 2.24) is 9.13 Å². The molecular weight excluding hydrogens is 336 g/mol. The number of benzene rings is 2. The molecule has 0 fully saturated rings. The Hall–Kier alpha value is -2.59. The zero-order valence-corrected chi connectivity index (χ0v) is 15.0. The minimum Gasteiger partial charge on any atom is -0.296 e. The van der Waals surface area contributed by atoms with Crippen molar-refractivity contribution in [3.05, 3.63) is 103 Å². The molecule has 0 spiro atoms. The van der Waals surface area contributed by atoms with Gasteiger partial charge in [0.25, 0.3) is 5.56 Å². The summed E-state index contributed by atoms with van der Waals surface area (Å²) in [4.78, 5) is 24.9. The molecule has 0 saturated carbocycles. The van der Waals surface area contributed by atoms with Crippen LogP contribution in [-0.2, 0) is 13.1 Å². The van der Waals surface area contributed by atoms with Gasteiger partial charge in [-0.1, -0.05) is 53.1 Å². The SMILES string of the molecule is Cc1cc(C)cc(Cn2c(=O)ccn(Cc3cccc(Cl)c3)c2=O)c1. The fourth-order valence-corrected chi connectivity index (χ4v) is 3.21. The van der Waals surface area contributed by atoms with E-state index in [9.17, 15) is 9.59 Å². The fraction of sp³-hybridized carbons (Fsp3) is 0.200. The first kappa shape index (κ1) is 17.2. The second kappa shape index (κ2) is 7.11. The van der Waals surface area contributed by atoms with Gasteiger partial charge in [-0.2, -0.15) is 0 Å². The van der Waals surface area contributed by atoms with Gasteiger partial charge in [0, 0.05) is 17.3 Å². The molecule has 0 bridgehead atoms. The molecule has 0 amide bonds. The highest BCUT2D eigenvalue weighted by Crippen LogP contribution is 2.11. The molecule has 1 heterocycles. The first-order valence-electron chi connectivity index (χ1n) is 8.04. The Bertz CT molecular complexity index is 1010. The lowest BCUT2D eigenvalue weighted by Gasteiger charge is -2.11. The fourth-order valence-electron chi connectivity index (χ4n) is 3.00. The van der Waals surface area contributed by atoms with Crippen LogP contribution in [0, 0.1) is 13.8 Å². The summed E-state index contributed by atoms with van der Waals surface area (Å²) in [5, 5.41) is 0.620. The van der Waals surface area contributed by atoms with Gasteiger partial charge in [0.1, 0.15) is 0 Å². The Kier molecular flexibility index (Phi) is 4.91. The molecule has 128 valence electrons. The predicted molar refractivity (Wildman–Crippen MR) is 101 cm³/mol. The number of hydrogen-bond donors (Lipinski definition) is 0. The Labute approximate surface area is 150 Å². The van der Waals surface area contributed by atoms with Gasteiger partial charge >= 0.3 is 5.69 Å². The van der Waals surface area contributed by atoms with Gasteiger partial charge in [0.15, 0.2) is 0 Å². The summed E-state index contributed by atoms with van der Waals surface area (Å²) < 4.78 is 2.79. The Morgan fingerprint density at radius 3 is 2.28 bits per heavy atom. The molecule has 0 radical (unpaired) electrons. The lowest BCUT2D eigenvalue weighted by Crippen LogP contribution is -2.39. The molecule has 0 saturated heterocycles. The van der Waals surface area contributed by atoms with Crippen LogP contribution < -0.4 is 11.2 Å². The van der Waals surface area contributed by atoms with E-state index in [1.807, 2.05) is 44.2 Å². The molecule has 0 aliphatic carbocycles. The van der Waals surface area contributed by atoms with Crippen molar-refractivity contribution in [2.75, 3.05) is 0 Å². The molecule has 0 unspecified atom stereocenters. The highest BCUT2D eigenvalue weighted by atomic mass is 35.5. The van der Waals surface area contributed by atoms with Gasteiger partial charge in [-0.15, -0.1) is 0 Å². The van der Waals surface area contributed by atoms with Crippen molar-refractivity contribution in [2.24, 2.45) is 0 Å². The van der Waals surface area contributed by atoms with Crippen LogP contribution in [0.5, 0.6) is 0 Å². The third-order valence-electron chi connectivity index (χ3n) is 4.00. The summed E-state index contributed by atoms with van der Waals surface area (Å²) in [5.74, 6) is 0. The van der Waals surface area contributed by atoms with Crippen LogP contribution in [0.1, 0.15) is 22.3 Å². The molecule has 1 aromatic heterocycles. The number of aromatic nitrogens is 2. The minimum atomic E-state index is -0.327. The van der Waals surface area contributed by atoms with Crippen molar-refractivity contribution >= 4 is 11.6 Å². The molecule has 2 aromatic carbocycles. The van der Waals surface area contributed by atoms with Crippen LogP contribution in [-0.4, -0.2) is 9.13 Å². The predicted octanol–water partition coefficient (Wildman–Crippen LogP) is 3.38. The molecule has 3 rings (SSSR count). The quantitative estimate of drug-likeness (QED) is 0.721. The van der Waals surface area contributed by atoms with E-state index in [-0.39, 0.29) is 17.8 Å². The van der Waals surface area contributed by atoms with Crippen molar-refractivity contribution in [1.29, 1.82) is 0 Å². The van der Waals surface area contributed by atoms with E-state index in [4.69, 9.17) is 11.6 Å². The zero-order chi connectivity index (χ0) is 18.0. The van der Waals surface area contributed by atoms with Gasteiger partial charge in [-0.25, -0.2) is 4.79 Å². The summed E-state index contributed by atoms with van der Waals surface area (Å²) in [5.41, 5.74) is 3.44. The van der Waals surface area contributed by atoms with Gasteiger partial charge < -0.3 is 0 Å². The van der Waals surface area contributed by atoms with Crippen LogP contribution in [0.15, 0.2) is 64.3 Å². The molecular formula is C20H19ClN2O2. The van der Waals surface area contributed by atoms with Crippen molar-refractivity contribution in [3.63, 3.8) is 0 Å². The molecule has 4 nitrogen and oxygen atoms in total. The highest BCUT2D eigenvalue weighted by molar-refractivity contribution is 6.30. The topological polar surface area (TPSA) is 44.0 Å². The van der Waals surface area contributed by atoms with Gasteiger partial charge in [0.2, 0.25) is 0 Å². The summed E-state index contributed by atoms with van der Waals surface area (Å²) >= 11 is 6.00. The van der Waals surface area contributed by atoms with Crippen molar-refractivity contribution in [2.45, 2.75) is 26.9 Å². The second-order valence-electron chi connectivity index (χ2n) is 6.28. The van der Waals surface area contributed by atoms with Gasteiger partial charge in [-0.3, -0.25) is 13.9 Å². The van der Waals surface area contributed by atoms with Crippen LogP contribution in [0.3, 0.4) is 0 Å². The highest BCUT2D eigenvalue weighted by Gasteiger charge is 2.08. The largest absolute Gasteiger partial charge is 0.331 e. The smallest absolute Gasteiger partial charge is 0.296 e. The van der Waals surface area contributed by atoms with Crippen LogP contribution in [0.25, 0.3) is 0 Å². The standard InChI is InChI=1S/C20H19ClN2O2/c1-14-8-15(2)10-17(9-14)13-23-19(24)6-7-22(20(23)25)12-16-4-3-5-18(21)11-16/h3-11H,12-13H2,1-2H3. The second-order valence-corrected chi connectivity index (χ2v) is 6.71. The Morgan fingerprint density at radius 1 is 0.880 bits per heavy atom. The van der Waals surface area contributed by atoms with E-state index in [0.29, 0.717) is 11.6 Å². The number of halogens is 1. The average molecular weight is 355 g/mol. The Balaban J connectivity index is 1.97. The van der Waals surface area contributed by atoms with Crippen LogP contribution in [0.4, 0.5) is 0 Å². The van der Waals surface area contributed by atoms with E-state index in [1.54, 1.807) is 6.07 Å². The van der Waals surface area contributed by atoms with Crippen molar-refractivity contribution in [3.8, 4) is 0 Å². The number of nitrogens with zero attached hydrogens (tertiary/aromatic N) is 2. The first-order chi connectivity index (χ1) is 11.9. The van der Waals surface area contributed by atoms with Crippen LogP contribution in [0.2, 0.25) is 5.02 Å². The molecule has 25 heavy (non-hydrogen) atoms. The molecule has 3 aromatic rings. The Morgan fingerprint density at radius 2 is 1.60 bits per heavy atom.